The van der Waals surface area contributed by atoms with E-state index in [1.807, 2.05) is 12.1 Å². The van der Waals surface area contributed by atoms with Crippen molar-refractivity contribution in [1.29, 1.82) is 0 Å². The predicted octanol–water partition coefficient (Wildman–Crippen LogP) is 11.0. The van der Waals surface area contributed by atoms with Gasteiger partial charge in [-0.1, -0.05) is 109 Å². The van der Waals surface area contributed by atoms with E-state index in [0.29, 0.717) is 0 Å². The van der Waals surface area contributed by atoms with Crippen LogP contribution in [0.4, 0.5) is 17.1 Å². The maximum atomic E-state index is 6.52. The van der Waals surface area contributed by atoms with E-state index in [0.717, 1.165) is 49.8 Å². The van der Waals surface area contributed by atoms with E-state index in [1.165, 1.54) is 21.9 Å². The third-order valence-electron chi connectivity index (χ3n) is 7.85. The average Bonchev–Trinajstić information content (AvgIpc) is 3.41. The maximum Gasteiger partial charge on any atom is 0.145 e. The lowest BCUT2D eigenvalue weighted by Crippen LogP contribution is -2.10. The third kappa shape index (κ3) is 3.58. The second-order valence-electron chi connectivity index (χ2n) is 10.2. The molecule has 0 N–H and O–H groups in total. The lowest BCUT2D eigenvalue weighted by Gasteiger charge is -2.27. The van der Waals surface area contributed by atoms with Crippen LogP contribution in [0, 0.1) is 0 Å². The standard InChI is InChI=1S/C38H25NO/c1-2-13-29(14-3-1)39(30-23-20-27(21-24-30)32-17-8-11-26-10-4-5-15-31(26)32)35-18-9-12-28-22-25-34-33-16-6-7-19-36(33)40-38(34)37(28)35/h1-25H. The van der Waals surface area contributed by atoms with Gasteiger partial charge in [-0.05, 0) is 69.8 Å². The summed E-state index contributed by atoms with van der Waals surface area (Å²) in [5, 5.41) is 7.05. The molecule has 188 valence electrons. The number of hydrogen-bond donors (Lipinski definition) is 0. The molecular formula is C38H25NO. The molecule has 1 aromatic heterocycles. The van der Waals surface area contributed by atoms with Crippen molar-refractivity contribution in [2.75, 3.05) is 4.90 Å². The van der Waals surface area contributed by atoms with Gasteiger partial charge in [-0.15, -0.1) is 0 Å². The molecule has 7 aromatic carbocycles. The first-order chi connectivity index (χ1) is 19.8. The van der Waals surface area contributed by atoms with E-state index in [4.69, 9.17) is 4.42 Å². The van der Waals surface area contributed by atoms with Crippen molar-refractivity contribution >= 4 is 60.5 Å². The lowest BCUT2D eigenvalue weighted by atomic mass is 9.98. The van der Waals surface area contributed by atoms with Crippen LogP contribution in [-0.2, 0) is 0 Å². The highest BCUT2D eigenvalue weighted by atomic mass is 16.3. The fraction of sp³-hybridized carbons (Fsp3) is 0. The van der Waals surface area contributed by atoms with Crippen molar-refractivity contribution in [1.82, 2.24) is 0 Å². The minimum absolute atomic E-state index is 0.908. The van der Waals surface area contributed by atoms with E-state index in [2.05, 4.69) is 144 Å². The summed E-state index contributed by atoms with van der Waals surface area (Å²) in [5.41, 5.74) is 7.55. The largest absolute Gasteiger partial charge is 0.455 e. The Morgan fingerprint density at radius 1 is 0.425 bits per heavy atom. The van der Waals surface area contributed by atoms with Crippen molar-refractivity contribution < 1.29 is 4.42 Å². The zero-order valence-electron chi connectivity index (χ0n) is 21.8. The highest BCUT2D eigenvalue weighted by Crippen LogP contribution is 2.44. The van der Waals surface area contributed by atoms with Crippen LogP contribution < -0.4 is 4.90 Å². The fourth-order valence-electron chi connectivity index (χ4n) is 5.99. The van der Waals surface area contributed by atoms with Gasteiger partial charge in [-0.3, -0.25) is 0 Å². The summed E-state index contributed by atoms with van der Waals surface area (Å²) >= 11 is 0. The normalized spacial score (nSPS) is 11.5. The van der Waals surface area contributed by atoms with Crippen molar-refractivity contribution in [2.24, 2.45) is 0 Å². The van der Waals surface area contributed by atoms with Gasteiger partial charge in [0.2, 0.25) is 0 Å². The number of furan rings is 1. The summed E-state index contributed by atoms with van der Waals surface area (Å²) in [4.78, 5) is 2.34. The molecule has 0 aliphatic rings. The number of anilines is 3. The smallest absolute Gasteiger partial charge is 0.145 e. The molecule has 0 amide bonds. The predicted molar refractivity (Wildman–Crippen MR) is 169 cm³/mol. The van der Waals surface area contributed by atoms with Crippen molar-refractivity contribution in [3.63, 3.8) is 0 Å². The maximum absolute atomic E-state index is 6.52. The van der Waals surface area contributed by atoms with E-state index in [9.17, 15) is 0 Å². The first kappa shape index (κ1) is 22.6. The highest BCUT2D eigenvalue weighted by Gasteiger charge is 2.19. The Labute approximate surface area is 232 Å². The molecule has 8 rings (SSSR count). The van der Waals surface area contributed by atoms with Crippen LogP contribution in [-0.4, -0.2) is 0 Å². The molecular weight excluding hydrogens is 486 g/mol. The molecule has 8 aromatic rings. The zero-order valence-corrected chi connectivity index (χ0v) is 21.8. The molecule has 0 spiro atoms. The Hall–Kier alpha value is -5.34. The number of hydrogen-bond acceptors (Lipinski definition) is 2. The van der Waals surface area contributed by atoms with Gasteiger partial charge < -0.3 is 9.32 Å². The van der Waals surface area contributed by atoms with Gasteiger partial charge in [0.25, 0.3) is 0 Å². The molecule has 0 atom stereocenters. The van der Waals surface area contributed by atoms with Crippen LogP contribution >= 0.6 is 0 Å². The Bertz CT molecular complexity index is 2150. The van der Waals surface area contributed by atoms with Gasteiger partial charge >= 0.3 is 0 Å². The molecule has 40 heavy (non-hydrogen) atoms. The van der Waals surface area contributed by atoms with Gasteiger partial charge in [0.05, 0.1) is 5.69 Å². The molecule has 0 saturated heterocycles. The summed E-state index contributed by atoms with van der Waals surface area (Å²) in [6, 6.07) is 53.7. The minimum Gasteiger partial charge on any atom is -0.455 e. The summed E-state index contributed by atoms with van der Waals surface area (Å²) in [6.07, 6.45) is 0. The van der Waals surface area contributed by atoms with E-state index < -0.39 is 0 Å². The number of para-hydroxylation sites is 2. The summed E-state index contributed by atoms with van der Waals surface area (Å²) in [6.45, 7) is 0. The Morgan fingerprint density at radius 3 is 1.98 bits per heavy atom. The Balaban J connectivity index is 1.35. The summed E-state index contributed by atoms with van der Waals surface area (Å²) < 4.78 is 6.52. The summed E-state index contributed by atoms with van der Waals surface area (Å²) in [5.74, 6) is 0. The van der Waals surface area contributed by atoms with Gasteiger partial charge in [0.15, 0.2) is 0 Å². The van der Waals surface area contributed by atoms with Crippen molar-refractivity contribution in [3.8, 4) is 11.1 Å². The Kier molecular flexibility index (Phi) is 5.17. The third-order valence-corrected chi connectivity index (χ3v) is 7.85. The van der Waals surface area contributed by atoms with Crippen LogP contribution in [0.25, 0.3) is 54.6 Å². The molecule has 2 nitrogen and oxygen atoms in total. The number of nitrogens with zero attached hydrogens (tertiary/aromatic N) is 1. The van der Waals surface area contributed by atoms with Gasteiger partial charge in [-0.2, -0.15) is 0 Å². The molecule has 2 heteroatoms. The van der Waals surface area contributed by atoms with E-state index in [-0.39, 0.29) is 0 Å². The van der Waals surface area contributed by atoms with Crippen LogP contribution in [0.1, 0.15) is 0 Å². The van der Waals surface area contributed by atoms with E-state index >= 15 is 0 Å². The first-order valence-electron chi connectivity index (χ1n) is 13.6. The SMILES string of the molecule is c1ccc(N(c2ccc(-c3cccc4ccccc34)cc2)c2cccc3ccc4c5ccccc5oc4c23)cc1. The number of rotatable bonds is 4. The fourth-order valence-corrected chi connectivity index (χ4v) is 5.99. The number of benzene rings is 7. The van der Waals surface area contributed by atoms with Crippen molar-refractivity contribution in [3.05, 3.63) is 152 Å². The second kappa shape index (κ2) is 9.14. The molecule has 0 radical (unpaired) electrons. The second-order valence-corrected chi connectivity index (χ2v) is 10.2. The average molecular weight is 512 g/mol. The molecule has 0 aliphatic heterocycles. The topological polar surface area (TPSA) is 16.4 Å². The van der Waals surface area contributed by atoms with Crippen molar-refractivity contribution in [2.45, 2.75) is 0 Å². The molecule has 0 bridgehead atoms. The van der Waals surface area contributed by atoms with Gasteiger partial charge in [-0.25, -0.2) is 0 Å². The van der Waals surface area contributed by atoms with Crippen LogP contribution in [0.3, 0.4) is 0 Å². The lowest BCUT2D eigenvalue weighted by molar-refractivity contribution is 0.672. The van der Waals surface area contributed by atoms with E-state index in [1.54, 1.807) is 0 Å². The quantitative estimate of drug-likeness (QED) is 0.234. The molecule has 0 unspecified atom stereocenters. The first-order valence-corrected chi connectivity index (χ1v) is 13.6. The monoisotopic (exact) mass is 511 g/mol. The van der Waals surface area contributed by atoms with Gasteiger partial charge in [0, 0.05) is 27.5 Å². The van der Waals surface area contributed by atoms with Crippen LogP contribution in [0.15, 0.2) is 156 Å². The molecule has 0 aliphatic carbocycles. The molecule has 1 heterocycles. The zero-order chi connectivity index (χ0) is 26.5. The van der Waals surface area contributed by atoms with Crippen LogP contribution in [0.2, 0.25) is 0 Å². The molecule has 0 saturated carbocycles. The van der Waals surface area contributed by atoms with Crippen LogP contribution in [0.5, 0.6) is 0 Å². The highest BCUT2D eigenvalue weighted by molar-refractivity contribution is 6.19. The minimum atomic E-state index is 0.908. The number of fused-ring (bicyclic) bond motifs is 6. The summed E-state index contributed by atoms with van der Waals surface area (Å²) in [7, 11) is 0. The molecule has 0 fully saturated rings. The van der Waals surface area contributed by atoms with Gasteiger partial charge in [0.1, 0.15) is 11.2 Å². The Morgan fingerprint density at radius 2 is 1.10 bits per heavy atom.